The monoisotopic (exact) mass is 358 g/mol. The lowest BCUT2D eigenvalue weighted by molar-refractivity contribution is 0.709. The van der Waals surface area contributed by atoms with Crippen LogP contribution < -0.4 is 0 Å². The fourth-order valence-corrected chi connectivity index (χ4v) is 4.48. The van der Waals surface area contributed by atoms with Crippen LogP contribution in [0.15, 0.2) is 96.6 Å². The lowest BCUT2D eigenvalue weighted by Crippen LogP contribution is -2.24. The lowest BCUT2D eigenvalue weighted by atomic mass is 9.73. The summed E-state index contributed by atoms with van der Waals surface area (Å²) in [6, 6.07) is 25.8. The topological polar surface area (TPSA) is 0 Å². The van der Waals surface area contributed by atoms with Crippen LogP contribution in [-0.2, 0) is 11.8 Å². The molecule has 3 aromatic rings. The van der Waals surface area contributed by atoms with Crippen molar-refractivity contribution in [2.75, 3.05) is 0 Å². The van der Waals surface area contributed by atoms with Gasteiger partial charge in [-0.25, -0.2) is 0 Å². The van der Waals surface area contributed by atoms with Gasteiger partial charge in [0.1, 0.15) is 0 Å². The fraction of sp³-hybridized carbons (Fsp3) is 0.143. The Kier molecular flexibility index (Phi) is 4.03. The highest BCUT2D eigenvalue weighted by atomic mass is 14.4. The molecule has 0 radical (unpaired) electrons. The summed E-state index contributed by atoms with van der Waals surface area (Å²) in [6.45, 7) is 2.29. The number of hydrogen-bond donors (Lipinski definition) is 0. The summed E-state index contributed by atoms with van der Waals surface area (Å²) in [5.41, 5.74) is 9.08. The minimum absolute atomic E-state index is 0.299. The van der Waals surface area contributed by atoms with Gasteiger partial charge < -0.3 is 0 Å². The predicted octanol–water partition coefficient (Wildman–Crippen LogP) is 6.45. The molecule has 0 heteroatoms. The van der Waals surface area contributed by atoms with E-state index in [2.05, 4.69) is 104 Å². The van der Waals surface area contributed by atoms with Gasteiger partial charge in [0, 0.05) is 5.56 Å². The largest absolute Gasteiger partial charge is 0.0820 e. The molecule has 1 atom stereocenters. The first-order valence-electron chi connectivity index (χ1n) is 9.91. The van der Waals surface area contributed by atoms with Gasteiger partial charge in [-0.1, -0.05) is 90.7 Å². The fourth-order valence-electron chi connectivity index (χ4n) is 4.48. The maximum atomic E-state index is 3.67. The van der Waals surface area contributed by atoms with Crippen LogP contribution in [0, 0.1) is 11.8 Å². The van der Waals surface area contributed by atoms with Crippen LogP contribution in [0.25, 0.3) is 11.1 Å². The molecule has 0 bridgehead atoms. The number of fused-ring (bicyclic) bond motifs is 3. The van der Waals surface area contributed by atoms with E-state index in [1.54, 1.807) is 0 Å². The second-order valence-corrected chi connectivity index (χ2v) is 7.73. The third kappa shape index (κ3) is 2.72. The first-order chi connectivity index (χ1) is 13.8. The number of rotatable bonds is 2. The molecular weight excluding hydrogens is 336 g/mol. The maximum Gasteiger partial charge on any atom is 0.0756 e. The second kappa shape index (κ2) is 6.70. The van der Waals surface area contributed by atoms with Crippen molar-refractivity contribution in [3.05, 3.63) is 119 Å². The van der Waals surface area contributed by atoms with Gasteiger partial charge in [0.25, 0.3) is 0 Å². The Labute approximate surface area is 167 Å². The van der Waals surface area contributed by atoms with E-state index in [0.717, 1.165) is 18.4 Å². The van der Waals surface area contributed by atoms with Crippen molar-refractivity contribution < 1.29 is 0 Å². The van der Waals surface area contributed by atoms with Gasteiger partial charge in [0.05, 0.1) is 5.41 Å². The smallest absolute Gasteiger partial charge is 0.0756 e. The number of benzene rings is 3. The van der Waals surface area contributed by atoms with Gasteiger partial charge in [-0.05, 0) is 65.3 Å². The average Bonchev–Trinajstić information content (AvgIpc) is 3.41. The highest BCUT2D eigenvalue weighted by Crippen LogP contribution is 2.45. The molecule has 0 spiro atoms. The molecule has 134 valence electrons. The third-order valence-electron chi connectivity index (χ3n) is 6.03. The molecular formula is C28H22. The van der Waals surface area contributed by atoms with E-state index in [-0.39, 0.29) is 5.41 Å². The van der Waals surface area contributed by atoms with Gasteiger partial charge in [0.2, 0.25) is 0 Å². The standard InChI is InChI=1S/C28H22/c1-28(23-13-6-7-14-23,19-18-21-10-3-2-4-11-21)27-17-9-16-25-24-15-8-5-12-22(24)20-26(25)27/h2-13,15-17H,14,20H2,1H3. The van der Waals surface area contributed by atoms with Crippen molar-refractivity contribution in [3.63, 3.8) is 0 Å². The van der Waals surface area contributed by atoms with Crippen LogP contribution >= 0.6 is 0 Å². The molecule has 0 aliphatic heterocycles. The zero-order valence-corrected chi connectivity index (χ0v) is 16.1. The highest BCUT2D eigenvalue weighted by Gasteiger charge is 2.34. The quantitative estimate of drug-likeness (QED) is 0.361. The molecule has 0 N–H and O–H groups in total. The van der Waals surface area contributed by atoms with Gasteiger partial charge >= 0.3 is 0 Å². The Bertz CT molecular complexity index is 1170. The molecule has 2 aliphatic rings. The van der Waals surface area contributed by atoms with Crippen LogP contribution in [-0.4, -0.2) is 0 Å². The highest BCUT2D eigenvalue weighted by molar-refractivity contribution is 5.79. The van der Waals surface area contributed by atoms with Crippen molar-refractivity contribution in [3.8, 4) is 23.0 Å². The number of hydrogen-bond acceptors (Lipinski definition) is 0. The molecule has 0 fully saturated rings. The zero-order chi connectivity index (χ0) is 19.0. The molecule has 0 aromatic heterocycles. The zero-order valence-electron chi connectivity index (χ0n) is 16.1. The molecule has 0 saturated carbocycles. The Morgan fingerprint density at radius 2 is 1.61 bits per heavy atom. The summed E-state index contributed by atoms with van der Waals surface area (Å²) >= 11 is 0. The minimum Gasteiger partial charge on any atom is -0.0820 e. The molecule has 0 nitrogen and oxygen atoms in total. The molecule has 3 aromatic carbocycles. The normalized spacial score (nSPS) is 15.8. The summed E-state index contributed by atoms with van der Waals surface area (Å²) in [4.78, 5) is 0. The van der Waals surface area contributed by atoms with E-state index in [0.29, 0.717) is 0 Å². The van der Waals surface area contributed by atoms with E-state index in [4.69, 9.17) is 0 Å². The van der Waals surface area contributed by atoms with Crippen LogP contribution in [0.4, 0.5) is 0 Å². The summed E-state index contributed by atoms with van der Waals surface area (Å²) in [5, 5.41) is 0. The first-order valence-corrected chi connectivity index (χ1v) is 9.91. The SMILES string of the molecule is CC(C#Cc1ccccc1)(C1=CC=CC1)c1cccc2c1Cc1ccccc1-2. The van der Waals surface area contributed by atoms with E-state index >= 15 is 0 Å². The van der Waals surface area contributed by atoms with Crippen LogP contribution in [0.5, 0.6) is 0 Å². The van der Waals surface area contributed by atoms with Crippen molar-refractivity contribution in [1.29, 1.82) is 0 Å². The van der Waals surface area contributed by atoms with Crippen LogP contribution in [0.3, 0.4) is 0 Å². The molecule has 0 amide bonds. The molecule has 2 aliphatic carbocycles. The Balaban J connectivity index is 1.67. The van der Waals surface area contributed by atoms with Crippen molar-refractivity contribution in [2.24, 2.45) is 0 Å². The summed E-state index contributed by atoms with van der Waals surface area (Å²) in [5.74, 6) is 7.12. The van der Waals surface area contributed by atoms with Gasteiger partial charge in [-0.2, -0.15) is 0 Å². The second-order valence-electron chi connectivity index (χ2n) is 7.73. The first kappa shape index (κ1) is 16.8. The molecule has 28 heavy (non-hydrogen) atoms. The molecule has 5 rings (SSSR count). The van der Waals surface area contributed by atoms with Crippen molar-refractivity contribution in [1.82, 2.24) is 0 Å². The third-order valence-corrected chi connectivity index (χ3v) is 6.03. The molecule has 0 heterocycles. The predicted molar refractivity (Wildman–Crippen MR) is 117 cm³/mol. The van der Waals surface area contributed by atoms with E-state index in [1.807, 2.05) is 6.07 Å². The molecule has 0 saturated heterocycles. The van der Waals surface area contributed by atoms with Gasteiger partial charge in [-0.15, -0.1) is 0 Å². The van der Waals surface area contributed by atoms with Gasteiger partial charge in [-0.3, -0.25) is 0 Å². The Hall–Kier alpha value is -3.30. The molecule has 1 unspecified atom stereocenters. The van der Waals surface area contributed by atoms with Gasteiger partial charge in [0.15, 0.2) is 0 Å². The summed E-state index contributed by atoms with van der Waals surface area (Å²) in [7, 11) is 0. The maximum absolute atomic E-state index is 3.67. The van der Waals surface area contributed by atoms with E-state index in [1.165, 1.54) is 33.4 Å². The van der Waals surface area contributed by atoms with Crippen molar-refractivity contribution >= 4 is 0 Å². The van der Waals surface area contributed by atoms with E-state index < -0.39 is 0 Å². The lowest BCUT2D eigenvalue weighted by Gasteiger charge is -2.29. The van der Waals surface area contributed by atoms with E-state index in [9.17, 15) is 0 Å². The Morgan fingerprint density at radius 3 is 2.43 bits per heavy atom. The van der Waals surface area contributed by atoms with Crippen LogP contribution in [0.2, 0.25) is 0 Å². The summed E-state index contributed by atoms with van der Waals surface area (Å²) < 4.78 is 0. The Morgan fingerprint density at radius 1 is 0.821 bits per heavy atom. The summed E-state index contributed by atoms with van der Waals surface area (Å²) in [6.07, 6.45) is 8.61. The van der Waals surface area contributed by atoms with Crippen LogP contribution in [0.1, 0.15) is 35.6 Å². The van der Waals surface area contributed by atoms with Crippen molar-refractivity contribution in [2.45, 2.75) is 25.2 Å². The average molecular weight is 358 g/mol. The number of allylic oxidation sites excluding steroid dienone is 4. The minimum atomic E-state index is -0.299.